The lowest BCUT2D eigenvalue weighted by atomic mass is 10.1. The molecule has 0 spiro atoms. The smallest absolute Gasteiger partial charge is 0.240 e. The summed E-state index contributed by atoms with van der Waals surface area (Å²) < 4.78 is 26.1. The Bertz CT molecular complexity index is 738. The molecule has 0 radical (unpaired) electrons. The first kappa shape index (κ1) is 15.9. The lowest BCUT2D eigenvalue weighted by Gasteiger charge is -2.16. The molecule has 2 rings (SSSR count). The van der Waals surface area contributed by atoms with Crippen LogP contribution in [-0.2, 0) is 10.0 Å². The first-order valence-corrected chi connectivity index (χ1v) is 8.92. The fourth-order valence-electron chi connectivity index (χ4n) is 1.93. The summed E-state index contributed by atoms with van der Waals surface area (Å²) in [6.07, 6.45) is 0. The van der Waals surface area contributed by atoms with Crippen molar-refractivity contribution in [2.24, 2.45) is 0 Å². The van der Waals surface area contributed by atoms with Crippen LogP contribution in [0.15, 0.2) is 28.5 Å². The summed E-state index contributed by atoms with van der Waals surface area (Å²) in [5.41, 5.74) is 2.74. The molecule has 2 aromatic rings. The molecule has 5 nitrogen and oxygen atoms in total. The lowest BCUT2D eigenvalue weighted by molar-refractivity contribution is 0.588. The number of aryl methyl sites for hydroxylation is 2. The van der Waals surface area contributed by atoms with Crippen LogP contribution >= 0.6 is 11.3 Å². The average Bonchev–Trinajstić information content (AvgIpc) is 2.87. The first-order chi connectivity index (χ1) is 9.83. The normalized spacial score (nSPS) is 13.1. The monoisotopic (exact) mass is 325 g/mol. The van der Waals surface area contributed by atoms with Gasteiger partial charge in [-0.15, -0.1) is 11.3 Å². The van der Waals surface area contributed by atoms with Gasteiger partial charge in [-0.2, -0.15) is 0 Å². The van der Waals surface area contributed by atoms with Crippen molar-refractivity contribution in [3.63, 3.8) is 0 Å². The molecule has 0 fully saturated rings. The van der Waals surface area contributed by atoms with E-state index in [9.17, 15) is 8.42 Å². The molecule has 7 heteroatoms. The molecule has 0 saturated carbocycles. The molecular weight excluding hydrogens is 306 g/mol. The number of sulfonamides is 1. The van der Waals surface area contributed by atoms with E-state index >= 15 is 0 Å². The maximum absolute atomic E-state index is 11.9. The molecular formula is C14H19N3O2S2. The molecule has 1 heterocycles. The molecule has 1 atom stereocenters. The van der Waals surface area contributed by atoms with E-state index in [0.29, 0.717) is 0 Å². The van der Waals surface area contributed by atoms with E-state index in [0.717, 1.165) is 22.0 Å². The van der Waals surface area contributed by atoms with Crippen molar-refractivity contribution in [1.29, 1.82) is 0 Å². The maximum Gasteiger partial charge on any atom is 0.240 e. The Morgan fingerprint density at radius 2 is 2.00 bits per heavy atom. The van der Waals surface area contributed by atoms with Crippen LogP contribution in [0.4, 0.5) is 5.69 Å². The molecule has 0 aliphatic carbocycles. The molecule has 2 N–H and O–H groups in total. The zero-order chi connectivity index (χ0) is 15.6. The number of hydrogen-bond donors (Lipinski definition) is 2. The summed E-state index contributed by atoms with van der Waals surface area (Å²) in [5, 5.41) is 6.35. The Kier molecular flexibility index (Phi) is 4.65. The summed E-state index contributed by atoms with van der Waals surface area (Å²) in [6, 6.07) is 5.06. The predicted molar refractivity (Wildman–Crippen MR) is 86.3 cm³/mol. The fourth-order valence-corrected chi connectivity index (χ4v) is 3.39. The van der Waals surface area contributed by atoms with Crippen LogP contribution in [0.25, 0.3) is 0 Å². The van der Waals surface area contributed by atoms with Crippen molar-refractivity contribution >= 4 is 27.0 Å². The van der Waals surface area contributed by atoms with E-state index in [1.807, 2.05) is 26.2 Å². The highest BCUT2D eigenvalue weighted by molar-refractivity contribution is 7.89. The predicted octanol–water partition coefficient (Wildman–Crippen LogP) is 2.84. The van der Waals surface area contributed by atoms with Crippen molar-refractivity contribution < 1.29 is 8.42 Å². The number of thiazole rings is 1. The van der Waals surface area contributed by atoms with Crippen molar-refractivity contribution in [2.45, 2.75) is 31.7 Å². The quantitative estimate of drug-likeness (QED) is 0.887. The Hall–Kier alpha value is -1.44. The molecule has 0 amide bonds. The van der Waals surface area contributed by atoms with Gasteiger partial charge in [0, 0.05) is 11.1 Å². The van der Waals surface area contributed by atoms with Gasteiger partial charge >= 0.3 is 0 Å². The van der Waals surface area contributed by atoms with Gasteiger partial charge in [-0.05, 0) is 45.5 Å². The van der Waals surface area contributed by atoms with Crippen LogP contribution in [0.5, 0.6) is 0 Å². The second-order valence-corrected chi connectivity index (χ2v) is 7.79. The van der Waals surface area contributed by atoms with Gasteiger partial charge in [-0.25, -0.2) is 18.1 Å². The van der Waals surface area contributed by atoms with Crippen LogP contribution < -0.4 is 10.0 Å². The maximum atomic E-state index is 11.9. The van der Waals surface area contributed by atoms with E-state index < -0.39 is 10.0 Å². The molecule has 1 aromatic carbocycles. The second kappa shape index (κ2) is 6.13. The number of benzene rings is 1. The van der Waals surface area contributed by atoms with Crippen molar-refractivity contribution in [1.82, 2.24) is 9.71 Å². The van der Waals surface area contributed by atoms with Crippen LogP contribution in [0.2, 0.25) is 0 Å². The summed E-state index contributed by atoms with van der Waals surface area (Å²) in [4.78, 5) is 4.70. The largest absolute Gasteiger partial charge is 0.377 e. The summed E-state index contributed by atoms with van der Waals surface area (Å²) >= 11 is 1.60. The Balaban J connectivity index is 2.29. The molecule has 21 heavy (non-hydrogen) atoms. The highest BCUT2D eigenvalue weighted by atomic mass is 32.2. The third kappa shape index (κ3) is 3.61. The molecule has 0 aliphatic heterocycles. The molecule has 1 unspecified atom stereocenters. The van der Waals surface area contributed by atoms with Crippen LogP contribution in [-0.4, -0.2) is 20.4 Å². The molecule has 0 saturated heterocycles. The van der Waals surface area contributed by atoms with E-state index in [1.165, 1.54) is 7.05 Å². The van der Waals surface area contributed by atoms with Gasteiger partial charge in [0.25, 0.3) is 0 Å². The van der Waals surface area contributed by atoms with Gasteiger partial charge < -0.3 is 5.32 Å². The number of hydrogen-bond acceptors (Lipinski definition) is 5. The highest BCUT2D eigenvalue weighted by Crippen LogP contribution is 2.25. The number of nitrogens with zero attached hydrogens (tertiary/aromatic N) is 1. The minimum atomic E-state index is -3.44. The van der Waals surface area contributed by atoms with Gasteiger partial charge in [-0.1, -0.05) is 6.07 Å². The van der Waals surface area contributed by atoms with Gasteiger partial charge in [-0.3, -0.25) is 0 Å². The molecule has 1 aromatic heterocycles. The standard InChI is InChI=1S/C14H19N3O2S2/c1-9-5-6-12(21(18,19)15-4)7-13(9)16-10(2)14-8-20-11(3)17-14/h5-8,10,15-16H,1-4H3. The minimum absolute atomic E-state index is 0.0150. The first-order valence-electron chi connectivity index (χ1n) is 6.56. The number of aromatic nitrogens is 1. The van der Waals surface area contributed by atoms with Crippen molar-refractivity contribution in [3.8, 4) is 0 Å². The van der Waals surface area contributed by atoms with E-state index in [2.05, 4.69) is 15.0 Å². The van der Waals surface area contributed by atoms with Gasteiger partial charge in [0.05, 0.1) is 21.6 Å². The molecule has 0 bridgehead atoms. The zero-order valence-electron chi connectivity index (χ0n) is 12.5. The summed E-state index contributed by atoms with van der Waals surface area (Å²) in [6.45, 7) is 5.91. The van der Waals surface area contributed by atoms with E-state index in [4.69, 9.17) is 0 Å². The zero-order valence-corrected chi connectivity index (χ0v) is 14.1. The Morgan fingerprint density at radius 1 is 1.29 bits per heavy atom. The Labute approximate surface area is 129 Å². The summed E-state index contributed by atoms with van der Waals surface area (Å²) in [5.74, 6) is 0. The molecule has 0 aliphatic rings. The van der Waals surface area contributed by atoms with Gasteiger partial charge in [0.2, 0.25) is 10.0 Å². The fraction of sp³-hybridized carbons (Fsp3) is 0.357. The van der Waals surface area contributed by atoms with Gasteiger partial charge in [0.1, 0.15) is 0 Å². The van der Waals surface area contributed by atoms with Crippen LogP contribution in [0, 0.1) is 13.8 Å². The van der Waals surface area contributed by atoms with Crippen molar-refractivity contribution in [3.05, 3.63) is 39.8 Å². The average molecular weight is 325 g/mol. The SMILES string of the molecule is CNS(=O)(=O)c1ccc(C)c(NC(C)c2csc(C)n2)c1. The second-order valence-electron chi connectivity index (χ2n) is 4.84. The highest BCUT2D eigenvalue weighted by Gasteiger charge is 2.15. The van der Waals surface area contributed by atoms with Crippen LogP contribution in [0.3, 0.4) is 0 Å². The topological polar surface area (TPSA) is 71.1 Å². The molecule has 114 valence electrons. The third-order valence-electron chi connectivity index (χ3n) is 3.24. The van der Waals surface area contributed by atoms with Crippen molar-refractivity contribution in [2.75, 3.05) is 12.4 Å². The number of rotatable bonds is 5. The van der Waals surface area contributed by atoms with E-state index in [1.54, 1.807) is 29.5 Å². The third-order valence-corrected chi connectivity index (χ3v) is 5.44. The number of anilines is 1. The van der Waals surface area contributed by atoms with Crippen LogP contribution in [0.1, 0.15) is 29.2 Å². The number of nitrogens with one attached hydrogen (secondary N) is 2. The van der Waals surface area contributed by atoms with E-state index in [-0.39, 0.29) is 10.9 Å². The minimum Gasteiger partial charge on any atom is -0.377 e. The Morgan fingerprint density at radius 3 is 2.57 bits per heavy atom. The van der Waals surface area contributed by atoms with Gasteiger partial charge in [0.15, 0.2) is 0 Å². The summed E-state index contributed by atoms with van der Waals surface area (Å²) in [7, 11) is -2.03. The lowest BCUT2D eigenvalue weighted by Crippen LogP contribution is -2.19.